The number of benzene rings is 3. The molecule has 3 saturated heterocycles. The second-order valence-corrected chi connectivity index (χ2v) is 16.0. The zero-order valence-electron chi connectivity index (χ0n) is 33.4. The highest BCUT2D eigenvalue weighted by Gasteiger charge is 2.31. The number of morpholine rings is 3. The van der Waals surface area contributed by atoms with Gasteiger partial charge in [-0.15, -0.1) is 0 Å². The topological polar surface area (TPSA) is 150 Å². The molecule has 9 heterocycles. The van der Waals surface area contributed by atoms with E-state index in [9.17, 15) is 13.2 Å². The summed E-state index contributed by atoms with van der Waals surface area (Å²) in [6, 6.07) is 25.7. The van der Waals surface area contributed by atoms with Crippen molar-refractivity contribution in [2.45, 2.75) is 24.5 Å². The van der Waals surface area contributed by atoms with Crippen LogP contribution in [0.4, 0.5) is 13.2 Å². The first-order chi connectivity index (χ1) is 30.2. The van der Waals surface area contributed by atoms with Gasteiger partial charge in [0.2, 0.25) is 0 Å². The highest BCUT2D eigenvalue weighted by Crippen LogP contribution is 2.35. The van der Waals surface area contributed by atoms with Crippen LogP contribution in [0, 0.1) is 0 Å². The van der Waals surface area contributed by atoms with Crippen LogP contribution in [0.1, 0.15) is 40.6 Å². The van der Waals surface area contributed by atoms with Gasteiger partial charge in [-0.3, -0.25) is 0 Å². The monoisotopic (exact) mass is 861 g/mol. The van der Waals surface area contributed by atoms with Gasteiger partial charge in [-0.2, -0.15) is 13.2 Å². The smallest absolute Gasteiger partial charge is 0.371 e. The summed E-state index contributed by atoms with van der Waals surface area (Å²) in [6.07, 6.45) is 0.106. The average Bonchev–Trinajstić information content (AvgIpc) is 4.00. The van der Waals surface area contributed by atoms with E-state index in [0.29, 0.717) is 29.2 Å². The van der Waals surface area contributed by atoms with E-state index < -0.39 is 11.7 Å². The number of nitrogens with zero attached hydrogens (tertiary/aromatic N) is 3. The number of H-pyrrole nitrogens is 3. The van der Waals surface area contributed by atoms with Gasteiger partial charge in [-0.05, 0) is 77.4 Å². The highest BCUT2D eigenvalue weighted by atomic mass is 35.5. The van der Waals surface area contributed by atoms with Gasteiger partial charge in [0.1, 0.15) is 16.9 Å². The zero-order chi connectivity index (χ0) is 42.2. The third-order valence-electron chi connectivity index (χ3n) is 11.5. The Morgan fingerprint density at radius 1 is 0.516 bits per heavy atom. The van der Waals surface area contributed by atoms with E-state index in [1.807, 2.05) is 36.5 Å². The fourth-order valence-corrected chi connectivity index (χ4v) is 8.55. The fraction of sp³-hybridized carbons (Fsp3) is 0.283. The van der Waals surface area contributed by atoms with E-state index in [1.54, 1.807) is 6.20 Å². The first-order valence-electron chi connectivity index (χ1n) is 20.6. The quantitative estimate of drug-likeness (QED) is 0.103. The second kappa shape index (κ2) is 17.3. The van der Waals surface area contributed by atoms with Gasteiger partial charge in [0.05, 0.1) is 48.7 Å². The van der Waals surface area contributed by atoms with Crippen LogP contribution in [0.3, 0.4) is 0 Å². The molecule has 0 bridgehead atoms. The van der Waals surface area contributed by atoms with Crippen LogP contribution in [0.25, 0.3) is 65.8 Å². The molecule has 3 atom stereocenters. The third kappa shape index (κ3) is 8.32. The lowest BCUT2D eigenvalue weighted by Gasteiger charge is -2.24. The Balaban J connectivity index is 0.000000111. The Kier molecular flexibility index (Phi) is 11.2. The normalized spacial score (nSPS) is 19.8. The molecule has 0 saturated carbocycles. The van der Waals surface area contributed by atoms with Crippen molar-refractivity contribution in [3.63, 3.8) is 0 Å². The molecule has 0 radical (unpaired) electrons. The lowest BCUT2D eigenvalue weighted by atomic mass is 10.0. The van der Waals surface area contributed by atoms with Crippen molar-refractivity contribution in [3.05, 3.63) is 125 Å². The molecule has 9 aromatic rings. The van der Waals surface area contributed by atoms with Crippen molar-refractivity contribution in [2.75, 3.05) is 59.1 Å². The van der Waals surface area contributed by atoms with Crippen LogP contribution in [0.5, 0.6) is 0 Å². The number of pyridine rings is 3. The Hall–Kier alpha value is -5.65. The summed E-state index contributed by atoms with van der Waals surface area (Å²) in [6.45, 7) is 7.25. The van der Waals surface area contributed by atoms with Crippen molar-refractivity contribution in [1.29, 1.82) is 0 Å². The van der Waals surface area contributed by atoms with Gasteiger partial charge in [0.15, 0.2) is 0 Å². The van der Waals surface area contributed by atoms with Crippen LogP contribution in [-0.2, 0) is 20.4 Å². The first kappa shape index (κ1) is 40.4. The number of halogens is 4. The molecule has 6 aromatic heterocycles. The van der Waals surface area contributed by atoms with Gasteiger partial charge in [0.25, 0.3) is 0 Å². The lowest BCUT2D eigenvalue weighted by molar-refractivity contribution is -0.137. The van der Waals surface area contributed by atoms with Crippen LogP contribution < -0.4 is 16.0 Å². The standard InChI is InChI=1S/C16H14F3N3O.C15H14ClN3O.C15H15N3O/c17-16(18,19)10-6-12-11-5-9(14-8-20-3-4-23-14)1-2-13(11)22-15(12)21-7-10;16-10-6-12-11-5-9(14-8-17-3-4-20-14)1-2-13(11)19-15(12)18-7-10;1-2-11-12-8-10(14-9-16-6-7-19-14)3-4-13(12)18-15(11)17-5-1/h1-2,5-7,14,20H,3-4,8H2,(H,21,22);1-2,5-7,14,17H,3-4,8H2,(H,18,19);1-5,8,14,16H,6-7,9H2,(H,17,18)/t3*14-/m111/s1. The molecule has 6 N–H and O–H groups in total. The second-order valence-electron chi connectivity index (χ2n) is 15.5. The van der Waals surface area contributed by atoms with E-state index in [-0.39, 0.29) is 18.3 Å². The van der Waals surface area contributed by atoms with Crippen molar-refractivity contribution < 1.29 is 27.4 Å². The van der Waals surface area contributed by atoms with Crippen LogP contribution in [0.15, 0.2) is 97.5 Å². The molecule has 0 spiro atoms. The minimum absolute atomic E-state index is 0.0862. The molecule has 0 unspecified atom stereocenters. The van der Waals surface area contributed by atoms with Crippen molar-refractivity contribution >= 4 is 77.4 Å². The minimum Gasteiger partial charge on any atom is -0.371 e. The van der Waals surface area contributed by atoms with Crippen molar-refractivity contribution in [2.24, 2.45) is 0 Å². The summed E-state index contributed by atoms with van der Waals surface area (Å²) in [7, 11) is 0. The summed E-state index contributed by atoms with van der Waals surface area (Å²) >= 11 is 6.05. The van der Waals surface area contributed by atoms with Gasteiger partial charge >= 0.3 is 6.18 Å². The Morgan fingerprint density at radius 2 is 0.968 bits per heavy atom. The lowest BCUT2D eigenvalue weighted by Crippen LogP contribution is -2.33. The summed E-state index contributed by atoms with van der Waals surface area (Å²) < 4.78 is 56.1. The van der Waals surface area contributed by atoms with Gasteiger partial charge in [-0.25, -0.2) is 15.0 Å². The van der Waals surface area contributed by atoms with Crippen molar-refractivity contribution in [1.82, 2.24) is 45.9 Å². The summed E-state index contributed by atoms with van der Waals surface area (Å²) in [5, 5.41) is 16.4. The average molecular weight is 862 g/mol. The summed E-state index contributed by atoms with van der Waals surface area (Å²) in [4.78, 5) is 22.3. The van der Waals surface area contributed by atoms with E-state index in [4.69, 9.17) is 25.8 Å². The Bertz CT molecular complexity index is 3020. The molecule has 3 aliphatic rings. The number of nitrogens with one attached hydrogen (secondary N) is 6. The molecule has 12 nitrogen and oxygen atoms in total. The molecule has 0 aliphatic carbocycles. The molecule has 12 rings (SSSR count). The van der Waals surface area contributed by atoms with E-state index >= 15 is 0 Å². The van der Waals surface area contributed by atoms with Gasteiger partial charge in [-0.1, -0.05) is 29.8 Å². The van der Waals surface area contributed by atoms with E-state index in [2.05, 4.69) is 88.3 Å². The number of aromatic nitrogens is 6. The number of rotatable bonds is 3. The number of ether oxygens (including phenoxy) is 3. The first-order valence-corrected chi connectivity index (χ1v) is 21.0. The molecule has 62 heavy (non-hydrogen) atoms. The van der Waals surface area contributed by atoms with Crippen LogP contribution in [0.2, 0.25) is 5.02 Å². The van der Waals surface area contributed by atoms with Crippen LogP contribution in [-0.4, -0.2) is 89.0 Å². The molecule has 0 amide bonds. The zero-order valence-corrected chi connectivity index (χ0v) is 34.2. The maximum Gasteiger partial charge on any atom is 0.417 e. The maximum atomic E-state index is 12.9. The summed E-state index contributed by atoms with van der Waals surface area (Å²) in [5.74, 6) is 0. The molecule has 318 valence electrons. The van der Waals surface area contributed by atoms with Crippen LogP contribution >= 0.6 is 11.6 Å². The number of aromatic amines is 3. The highest BCUT2D eigenvalue weighted by molar-refractivity contribution is 6.31. The largest absolute Gasteiger partial charge is 0.417 e. The molecule has 3 aromatic carbocycles. The molecule has 16 heteroatoms. The maximum absolute atomic E-state index is 12.9. The predicted octanol–water partition coefficient (Wildman–Crippen LogP) is 8.80. The predicted molar refractivity (Wildman–Crippen MR) is 235 cm³/mol. The van der Waals surface area contributed by atoms with Crippen molar-refractivity contribution in [3.8, 4) is 0 Å². The Labute approximate surface area is 357 Å². The fourth-order valence-electron chi connectivity index (χ4n) is 8.39. The Morgan fingerprint density at radius 3 is 1.44 bits per heavy atom. The molecule has 3 aliphatic heterocycles. The number of hydrogen-bond donors (Lipinski definition) is 6. The third-order valence-corrected chi connectivity index (χ3v) is 11.7. The SMILES string of the molecule is Clc1cnc2[nH]c3ccc([C@H]4CNCCO4)cc3c2c1.FC(F)(F)c1cnc2[nH]c3ccc([C@H]4CNCCO4)cc3c2c1.c1cnc2[nH]c3ccc([C@H]4CNCCO4)cc3c2c1. The summed E-state index contributed by atoms with van der Waals surface area (Å²) in [5.41, 5.74) is 7.84. The molecular weight excluding hydrogens is 819 g/mol. The minimum atomic E-state index is -4.40. The molecular formula is C46H43ClF3N9O3. The molecule has 3 fully saturated rings. The number of hydrogen-bond acceptors (Lipinski definition) is 9. The van der Waals surface area contributed by atoms with Gasteiger partial charge < -0.3 is 45.1 Å². The number of alkyl halides is 3. The van der Waals surface area contributed by atoms with E-state index in [0.717, 1.165) is 108 Å². The van der Waals surface area contributed by atoms with Gasteiger partial charge in [0, 0.05) is 107 Å². The number of fused-ring (bicyclic) bond motifs is 9. The van der Waals surface area contributed by atoms with E-state index in [1.165, 1.54) is 21.9 Å².